The van der Waals surface area contributed by atoms with Gasteiger partial charge in [-0.2, -0.15) is 4.98 Å². The molecule has 0 aromatic carbocycles. The highest BCUT2D eigenvalue weighted by molar-refractivity contribution is 4.90. The fraction of sp³-hybridized carbons (Fsp3) is 0.818. The molecule has 5 nitrogen and oxygen atoms in total. The first kappa shape index (κ1) is 13.1. The topological polar surface area (TPSA) is 51.4 Å². The van der Waals surface area contributed by atoms with Crippen molar-refractivity contribution in [2.24, 2.45) is 0 Å². The highest BCUT2D eigenvalue weighted by Gasteiger charge is 2.26. The normalized spacial score (nSPS) is 21.7. The van der Waals surface area contributed by atoms with E-state index in [0.717, 1.165) is 19.7 Å². The number of hydrogen-bond acceptors (Lipinski definition) is 5. The molecule has 1 aromatic rings. The van der Waals surface area contributed by atoms with Crippen LogP contribution >= 0.6 is 0 Å². The largest absolute Gasteiger partial charge is 0.367 e. The zero-order valence-corrected chi connectivity index (χ0v) is 10.5. The molecule has 1 saturated heterocycles. The molecule has 1 aromatic heterocycles. The molecular formula is C11H21N3O2. The van der Waals surface area contributed by atoms with Crippen LogP contribution in [0.5, 0.6) is 0 Å². The van der Waals surface area contributed by atoms with Crippen molar-refractivity contribution in [1.29, 1.82) is 0 Å². The summed E-state index contributed by atoms with van der Waals surface area (Å²) in [5, 5.41) is 3.80. The van der Waals surface area contributed by atoms with Gasteiger partial charge >= 0.3 is 0 Å². The van der Waals surface area contributed by atoms with Crippen LogP contribution in [0, 0.1) is 0 Å². The minimum Gasteiger partial charge on any atom is -0.367 e. The first-order valence-electron chi connectivity index (χ1n) is 5.89. The second-order valence-electron chi connectivity index (χ2n) is 3.74. The lowest BCUT2D eigenvalue weighted by molar-refractivity contribution is -0.0450. The molecule has 0 aliphatic carbocycles. The maximum Gasteiger partial charge on any atom is 0.213 e. The van der Waals surface area contributed by atoms with Crippen molar-refractivity contribution in [3.63, 3.8) is 0 Å². The predicted molar refractivity (Wildman–Crippen MR) is 61.0 cm³/mol. The van der Waals surface area contributed by atoms with Crippen LogP contribution < -0.4 is 0 Å². The molecule has 1 unspecified atom stereocenters. The van der Waals surface area contributed by atoms with Gasteiger partial charge in [0.05, 0.1) is 6.61 Å². The van der Waals surface area contributed by atoms with E-state index in [-0.39, 0.29) is 6.10 Å². The van der Waals surface area contributed by atoms with Crippen LogP contribution in [0.4, 0.5) is 0 Å². The van der Waals surface area contributed by atoms with Gasteiger partial charge in [0.15, 0.2) is 0 Å². The third-order valence-corrected chi connectivity index (χ3v) is 2.49. The van der Waals surface area contributed by atoms with Gasteiger partial charge in [-0.3, -0.25) is 4.90 Å². The molecule has 0 N–H and O–H groups in total. The number of morpholine rings is 1. The third kappa shape index (κ3) is 3.28. The van der Waals surface area contributed by atoms with Gasteiger partial charge in [0.25, 0.3) is 0 Å². The Kier molecular flexibility index (Phi) is 5.42. The summed E-state index contributed by atoms with van der Waals surface area (Å²) in [4.78, 5) is 6.36. The van der Waals surface area contributed by atoms with Crippen molar-refractivity contribution in [3.8, 4) is 0 Å². The molecule has 16 heavy (non-hydrogen) atoms. The molecule has 92 valence electrons. The van der Waals surface area contributed by atoms with E-state index in [9.17, 15) is 0 Å². The van der Waals surface area contributed by atoms with Gasteiger partial charge in [-0.25, -0.2) is 0 Å². The smallest absolute Gasteiger partial charge is 0.213 e. The standard InChI is InChI=1S/C9H15N3O2.C2H6/c1-7(2)12-3-4-13-8(5-12)9-10-6-14-11-9;1-2/h6-8H,3-5H2,1-2H3;1-2H3. The summed E-state index contributed by atoms with van der Waals surface area (Å²) < 4.78 is 10.3. The average molecular weight is 227 g/mol. The van der Waals surface area contributed by atoms with Crippen LogP contribution in [-0.4, -0.2) is 40.8 Å². The van der Waals surface area contributed by atoms with Gasteiger partial charge < -0.3 is 9.26 Å². The van der Waals surface area contributed by atoms with Crippen LogP contribution in [0.15, 0.2) is 10.9 Å². The van der Waals surface area contributed by atoms with Crippen molar-refractivity contribution in [1.82, 2.24) is 15.0 Å². The van der Waals surface area contributed by atoms with E-state index in [1.165, 1.54) is 6.39 Å². The van der Waals surface area contributed by atoms with Crippen molar-refractivity contribution in [3.05, 3.63) is 12.2 Å². The molecule has 1 aliphatic rings. The van der Waals surface area contributed by atoms with Crippen LogP contribution in [0.3, 0.4) is 0 Å². The summed E-state index contributed by atoms with van der Waals surface area (Å²) in [7, 11) is 0. The van der Waals surface area contributed by atoms with Crippen molar-refractivity contribution >= 4 is 0 Å². The Morgan fingerprint density at radius 3 is 2.75 bits per heavy atom. The lowest BCUT2D eigenvalue weighted by atomic mass is 10.2. The van der Waals surface area contributed by atoms with E-state index >= 15 is 0 Å². The third-order valence-electron chi connectivity index (χ3n) is 2.49. The minimum absolute atomic E-state index is 0.0371. The van der Waals surface area contributed by atoms with Gasteiger partial charge in [0.2, 0.25) is 12.2 Å². The molecule has 2 rings (SSSR count). The van der Waals surface area contributed by atoms with Gasteiger partial charge in [-0.15, -0.1) is 0 Å². The van der Waals surface area contributed by atoms with Gasteiger partial charge in [-0.1, -0.05) is 19.0 Å². The Bertz CT molecular complexity index is 275. The molecule has 0 amide bonds. The van der Waals surface area contributed by atoms with E-state index in [1.54, 1.807) is 0 Å². The van der Waals surface area contributed by atoms with E-state index < -0.39 is 0 Å². The molecule has 1 fully saturated rings. The maximum absolute atomic E-state index is 5.58. The number of nitrogens with zero attached hydrogens (tertiary/aromatic N) is 3. The molecule has 0 bridgehead atoms. The summed E-state index contributed by atoms with van der Waals surface area (Å²) in [6, 6.07) is 0.535. The first-order chi connectivity index (χ1) is 7.77. The molecule has 0 radical (unpaired) electrons. The summed E-state index contributed by atoms with van der Waals surface area (Å²) in [5.74, 6) is 0.648. The average Bonchev–Trinajstić information content (AvgIpc) is 2.85. The first-order valence-corrected chi connectivity index (χ1v) is 5.89. The molecule has 1 aliphatic heterocycles. The van der Waals surface area contributed by atoms with Gasteiger partial charge in [0, 0.05) is 19.1 Å². The number of hydrogen-bond donors (Lipinski definition) is 0. The highest BCUT2D eigenvalue weighted by atomic mass is 16.5. The van der Waals surface area contributed by atoms with Crippen molar-refractivity contribution < 1.29 is 9.26 Å². The maximum atomic E-state index is 5.58. The quantitative estimate of drug-likeness (QED) is 0.772. The van der Waals surface area contributed by atoms with Crippen molar-refractivity contribution in [2.45, 2.75) is 39.8 Å². The zero-order valence-electron chi connectivity index (χ0n) is 10.5. The summed E-state index contributed by atoms with van der Waals surface area (Å²) in [6.07, 6.45) is 1.30. The Morgan fingerprint density at radius 1 is 1.44 bits per heavy atom. The predicted octanol–water partition coefficient (Wildman–Crippen LogP) is 1.88. The lowest BCUT2D eigenvalue weighted by Gasteiger charge is -2.34. The highest BCUT2D eigenvalue weighted by Crippen LogP contribution is 2.19. The molecule has 2 heterocycles. The second-order valence-corrected chi connectivity index (χ2v) is 3.74. The zero-order chi connectivity index (χ0) is 12.0. The van der Waals surface area contributed by atoms with Crippen LogP contribution in [0.2, 0.25) is 0 Å². The van der Waals surface area contributed by atoms with Crippen LogP contribution in [-0.2, 0) is 4.74 Å². The fourth-order valence-corrected chi connectivity index (χ4v) is 1.62. The van der Waals surface area contributed by atoms with E-state index in [4.69, 9.17) is 9.26 Å². The summed E-state index contributed by atoms with van der Waals surface area (Å²) >= 11 is 0. The Balaban J connectivity index is 0.000000606. The Morgan fingerprint density at radius 2 is 2.19 bits per heavy atom. The summed E-state index contributed by atoms with van der Waals surface area (Å²) in [5.41, 5.74) is 0. The number of rotatable bonds is 2. The van der Waals surface area contributed by atoms with Gasteiger partial charge in [-0.05, 0) is 13.8 Å². The molecular weight excluding hydrogens is 206 g/mol. The van der Waals surface area contributed by atoms with Crippen LogP contribution in [0.25, 0.3) is 0 Å². The Hall–Kier alpha value is -0.940. The molecule has 0 saturated carbocycles. The number of ether oxygens (including phenoxy) is 1. The molecule has 0 spiro atoms. The Labute approximate surface area is 96.8 Å². The minimum atomic E-state index is -0.0371. The fourth-order valence-electron chi connectivity index (χ4n) is 1.62. The van der Waals surface area contributed by atoms with Crippen molar-refractivity contribution in [2.75, 3.05) is 19.7 Å². The molecule has 1 atom stereocenters. The summed E-state index contributed by atoms with van der Waals surface area (Å²) in [6.45, 7) is 10.9. The van der Waals surface area contributed by atoms with E-state index in [2.05, 4.69) is 28.9 Å². The number of aromatic nitrogens is 2. The second kappa shape index (κ2) is 6.60. The SMILES string of the molecule is CC.CC(C)N1CCOC(c2ncon2)C1. The lowest BCUT2D eigenvalue weighted by Crippen LogP contribution is -2.42. The van der Waals surface area contributed by atoms with Gasteiger partial charge in [0.1, 0.15) is 6.10 Å². The monoisotopic (exact) mass is 227 g/mol. The van der Waals surface area contributed by atoms with Crippen LogP contribution in [0.1, 0.15) is 39.6 Å². The van der Waals surface area contributed by atoms with E-state index in [0.29, 0.717) is 11.9 Å². The van der Waals surface area contributed by atoms with E-state index in [1.807, 2.05) is 13.8 Å². The molecule has 5 heteroatoms.